The van der Waals surface area contributed by atoms with E-state index in [0.29, 0.717) is 11.7 Å². The van der Waals surface area contributed by atoms with Crippen molar-refractivity contribution in [3.63, 3.8) is 0 Å². The lowest BCUT2D eigenvalue weighted by Crippen LogP contribution is -2.16. The Hall–Kier alpha value is -0.330. The maximum atomic E-state index is 11.0. The van der Waals surface area contributed by atoms with Gasteiger partial charge in [0.2, 0.25) is 0 Å². The van der Waals surface area contributed by atoms with E-state index < -0.39 is 0 Å². The first-order valence-electron chi connectivity index (χ1n) is 5.10. The van der Waals surface area contributed by atoms with Gasteiger partial charge in [-0.25, -0.2) is 0 Å². The lowest BCUT2D eigenvalue weighted by atomic mass is 9.83. The van der Waals surface area contributed by atoms with Crippen LogP contribution in [0.5, 0.6) is 0 Å². The van der Waals surface area contributed by atoms with Crippen molar-refractivity contribution in [3.8, 4) is 0 Å². The Bertz CT molecular complexity index is 160. The van der Waals surface area contributed by atoms with Gasteiger partial charge >= 0.3 is 0 Å². The van der Waals surface area contributed by atoms with Crippen LogP contribution in [0.3, 0.4) is 0 Å². The maximum Gasteiger partial charge on any atom is 0.130 e. The van der Waals surface area contributed by atoms with Crippen LogP contribution >= 0.6 is 0 Å². The molecule has 0 aromatic heterocycles. The predicted octanol–water partition coefficient (Wildman–Crippen LogP) is 3.04. The van der Waals surface area contributed by atoms with E-state index >= 15 is 0 Å². The molecule has 0 heterocycles. The van der Waals surface area contributed by atoms with Crippen molar-refractivity contribution >= 4 is 5.78 Å². The van der Waals surface area contributed by atoms with Crippen LogP contribution < -0.4 is 0 Å². The Kier molecular flexibility index (Phi) is 3.30. The van der Waals surface area contributed by atoms with Crippen molar-refractivity contribution < 1.29 is 4.79 Å². The van der Waals surface area contributed by atoms with Crippen LogP contribution in [0.4, 0.5) is 0 Å². The van der Waals surface area contributed by atoms with Crippen LogP contribution in [-0.2, 0) is 4.79 Å². The van der Waals surface area contributed by atoms with E-state index in [1.54, 1.807) is 6.92 Å². The largest absolute Gasteiger partial charge is 0.300 e. The molecular formula is C11H20O. The zero-order chi connectivity index (χ0) is 9.14. The zero-order valence-electron chi connectivity index (χ0n) is 8.47. The molecule has 0 saturated heterocycles. The Labute approximate surface area is 75.5 Å². The fraction of sp³-hybridized carbons (Fsp3) is 0.909. The molecule has 0 spiro atoms. The molecule has 0 aromatic carbocycles. The second kappa shape index (κ2) is 4.06. The van der Waals surface area contributed by atoms with Gasteiger partial charge < -0.3 is 4.79 Å². The summed E-state index contributed by atoms with van der Waals surface area (Å²) in [5, 5.41) is 0. The quantitative estimate of drug-likeness (QED) is 0.633. The first-order chi connectivity index (χ1) is 5.61. The number of hydrogen-bond donors (Lipinski definition) is 0. The summed E-state index contributed by atoms with van der Waals surface area (Å²) in [7, 11) is 0. The Balaban J connectivity index is 2.46. The van der Waals surface area contributed by atoms with Gasteiger partial charge in [-0.1, -0.05) is 20.3 Å². The molecule has 0 N–H and O–H groups in total. The third-order valence-electron chi connectivity index (χ3n) is 3.12. The van der Waals surface area contributed by atoms with Crippen molar-refractivity contribution in [1.82, 2.24) is 0 Å². The van der Waals surface area contributed by atoms with Gasteiger partial charge in [0.1, 0.15) is 5.78 Å². The average Bonchev–Trinajstić information content (AvgIpc) is 2.33. The summed E-state index contributed by atoms with van der Waals surface area (Å²) < 4.78 is 0. The third kappa shape index (κ3) is 2.33. The monoisotopic (exact) mass is 168 g/mol. The number of ketones is 1. The van der Waals surface area contributed by atoms with E-state index in [-0.39, 0.29) is 0 Å². The lowest BCUT2D eigenvalue weighted by Gasteiger charge is -2.21. The molecule has 1 heteroatoms. The fourth-order valence-electron chi connectivity index (χ4n) is 2.57. The minimum absolute atomic E-state index is 0.368. The molecule has 1 nitrogen and oxygen atoms in total. The summed E-state index contributed by atoms with van der Waals surface area (Å²) >= 11 is 0. The number of rotatable bonds is 3. The second-order valence-electron chi connectivity index (χ2n) is 4.50. The highest BCUT2D eigenvalue weighted by Crippen LogP contribution is 2.38. The fourth-order valence-corrected chi connectivity index (χ4v) is 2.57. The minimum atomic E-state index is 0.368. The highest BCUT2D eigenvalue weighted by atomic mass is 16.1. The van der Waals surface area contributed by atoms with Crippen LogP contribution in [0.2, 0.25) is 0 Å². The molecule has 1 fully saturated rings. The number of carbonyl (C=O) groups excluding carboxylic acids is 1. The van der Waals surface area contributed by atoms with Gasteiger partial charge in [-0.2, -0.15) is 0 Å². The molecular weight excluding hydrogens is 148 g/mol. The summed E-state index contributed by atoms with van der Waals surface area (Å²) in [6, 6.07) is 0. The standard InChI is InChI=1S/C11H20O/c1-8(2)11-6-4-5-10(11)7-9(3)12/h8,10-11H,4-7H2,1-3H3/t10-,11-/m0/s1. The number of hydrogen-bond acceptors (Lipinski definition) is 1. The molecule has 0 bridgehead atoms. The summed E-state index contributed by atoms with van der Waals surface area (Å²) in [6.45, 7) is 6.28. The first kappa shape index (κ1) is 9.76. The first-order valence-corrected chi connectivity index (χ1v) is 5.10. The third-order valence-corrected chi connectivity index (χ3v) is 3.12. The Morgan fingerprint density at radius 2 is 2.08 bits per heavy atom. The number of Topliss-reactive ketones (excluding diaryl/α,β-unsaturated/α-hetero) is 1. The highest BCUT2D eigenvalue weighted by molar-refractivity contribution is 5.75. The van der Waals surface area contributed by atoms with E-state index in [9.17, 15) is 4.79 Å². The highest BCUT2D eigenvalue weighted by Gasteiger charge is 2.29. The van der Waals surface area contributed by atoms with Crippen LogP contribution in [0.25, 0.3) is 0 Å². The predicted molar refractivity (Wildman–Crippen MR) is 51.0 cm³/mol. The van der Waals surface area contributed by atoms with Crippen LogP contribution in [0.15, 0.2) is 0 Å². The molecule has 1 aliphatic carbocycles. The topological polar surface area (TPSA) is 17.1 Å². The van der Waals surface area contributed by atoms with Crippen molar-refractivity contribution in [3.05, 3.63) is 0 Å². The smallest absolute Gasteiger partial charge is 0.130 e. The lowest BCUT2D eigenvalue weighted by molar-refractivity contribution is -0.118. The molecule has 0 aromatic rings. The normalized spacial score (nSPS) is 29.7. The molecule has 0 aliphatic heterocycles. The van der Waals surface area contributed by atoms with Gasteiger partial charge in [0.25, 0.3) is 0 Å². The van der Waals surface area contributed by atoms with E-state index in [0.717, 1.165) is 18.3 Å². The van der Waals surface area contributed by atoms with Crippen molar-refractivity contribution in [1.29, 1.82) is 0 Å². The minimum Gasteiger partial charge on any atom is -0.300 e. The van der Waals surface area contributed by atoms with Gasteiger partial charge in [-0.3, -0.25) is 0 Å². The molecule has 1 rings (SSSR count). The summed E-state index contributed by atoms with van der Waals surface area (Å²) in [5.74, 6) is 2.64. The van der Waals surface area contributed by atoms with E-state index in [4.69, 9.17) is 0 Å². The zero-order valence-corrected chi connectivity index (χ0v) is 8.47. The van der Waals surface area contributed by atoms with E-state index in [2.05, 4.69) is 13.8 Å². The maximum absolute atomic E-state index is 11.0. The molecule has 0 radical (unpaired) electrons. The summed E-state index contributed by atoms with van der Waals surface area (Å²) in [5.41, 5.74) is 0. The van der Waals surface area contributed by atoms with Crippen LogP contribution in [0, 0.1) is 17.8 Å². The number of carbonyl (C=O) groups is 1. The summed E-state index contributed by atoms with van der Waals surface area (Å²) in [6.07, 6.45) is 4.78. The van der Waals surface area contributed by atoms with Gasteiger partial charge in [0.15, 0.2) is 0 Å². The molecule has 1 aliphatic rings. The Morgan fingerprint density at radius 1 is 1.42 bits per heavy atom. The summed E-state index contributed by atoms with van der Waals surface area (Å²) in [4.78, 5) is 11.0. The van der Waals surface area contributed by atoms with E-state index in [1.165, 1.54) is 19.3 Å². The Morgan fingerprint density at radius 3 is 2.58 bits per heavy atom. The van der Waals surface area contributed by atoms with E-state index in [1.807, 2.05) is 0 Å². The molecule has 0 unspecified atom stereocenters. The van der Waals surface area contributed by atoms with Gasteiger partial charge in [-0.15, -0.1) is 0 Å². The van der Waals surface area contributed by atoms with Crippen LogP contribution in [-0.4, -0.2) is 5.78 Å². The average molecular weight is 168 g/mol. The molecule has 2 atom stereocenters. The van der Waals surface area contributed by atoms with Gasteiger partial charge in [0.05, 0.1) is 0 Å². The second-order valence-corrected chi connectivity index (χ2v) is 4.50. The SMILES string of the molecule is CC(=O)C[C@@H]1CCC[C@H]1C(C)C. The molecule has 12 heavy (non-hydrogen) atoms. The van der Waals surface area contributed by atoms with Crippen molar-refractivity contribution in [2.24, 2.45) is 17.8 Å². The van der Waals surface area contributed by atoms with Gasteiger partial charge in [0, 0.05) is 6.42 Å². The molecule has 0 amide bonds. The van der Waals surface area contributed by atoms with Crippen molar-refractivity contribution in [2.75, 3.05) is 0 Å². The van der Waals surface area contributed by atoms with Crippen molar-refractivity contribution in [2.45, 2.75) is 46.5 Å². The van der Waals surface area contributed by atoms with Crippen LogP contribution in [0.1, 0.15) is 46.5 Å². The molecule has 70 valence electrons. The molecule has 1 saturated carbocycles. The van der Waals surface area contributed by atoms with Gasteiger partial charge in [-0.05, 0) is 37.5 Å².